The molecule has 0 saturated heterocycles. The van der Waals surface area contributed by atoms with Crippen molar-refractivity contribution in [3.05, 3.63) is 12.4 Å². The van der Waals surface area contributed by atoms with Gasteiger partial charge in [0.05, 0.1) is 19.0 Å². The summed E-state index contributed by atoms with van der Waals surface area (Å²) in [5.74, 6) is 2.33. The van der Waals surface area contributed by atoms with E-state index in [9.17, 15) is 0 Å². The van der Waals surface area contributed by atoms with Gasteiger partial charge in [-0.15, -0.1) is 11.6 Å². The maximum absolute atomic E-state index is 5.72. The van der Waals surface area contributed by atoms with Gasteiger partial charge in [-0.25, -0.2) is 0 Å². The number of anilines is 1. The predicted molar refractivity (Wildman–Crippen MR) is 66.2 cm³/mol. The number of aromatic nitrogens is 2. The zero-order chi connectivity index (χ0) is 11.8. The fourth-order valence-electron chi connectivity index (χ4n) is 1.04. The van der Waals surface area contributed by atoms with E-state index in [0.29, 0.717) is 24.3 Å². The van der Waals surface area contributed by atoms with Gasteiger partial charge in [0.2, 0.25) is 5.88 Å². The summed E-state index contributed by atoms with van der Waals surface area (Å²) in [7, 11) is 0. The van der Waals surface area contributed by atoms with E-state index in [1.807, 2.05) is 0 Å². The van der Waals surface area contributed by atoms with E-state index in [-0.39, 0.29) is 0 Å². The molecule has 0 saturated carbocycles. The molecule has 1 unspecified atom stereocenters. The second-order valence-electron chi connectivity index (χ2n) is 3.73. The summed E-state index contributed by atoms with van der Waals surface area (Å²) in [5, 5.41) is 3.17. The van der Waals surface area contributed by atoms with Crippen molar-refractivity contribution in [2.24, 2.45) is 5.92 Å². The van der Waals surface area contributed by atoms with Gasteiger partial charge >= 0.3 is 0 Å². The van der Waals surface area contributed by atoms with Gasteiger partial charge in [-0.2, -0.15) is 4.98 Å². The summed E-state index contributed by atoms with van der Waals surface area (Å²) in [6, 6.07) is 0. The largest absolute Gasteiger partial charge is 0.477 e. The van der Waals surface area contributed by atoms with Gasteiger partial charge < -0.3 is 10.1 Å². The fraction of sp³-hybridized carbons (Fsp3) is 0.636. The molecular formula is C11H18ClN3O. The normalized spacial score (nSPS) is 12.2. The van der Waals surface area contributed by atoms with Crippen LogP contribution in [0.5, 0.6) is 5.88 Å². The molecule has 4 nitrogen and oxygen atoms in total. The molecule has 5 heteroatoms. The lowest BCUT2D eigenvalue weighted by molar-refractivity contribution is 0.304. The van der Waals surface area contributed by atoms with Crippen molar-refractivity contribution in [1.82, 2.24) is 9.97 Å². The van der Waals surface area contributed by atoms with E-state index >= 15 is 0 Å². The van der Waals surface area contributed by atoms with Crippen molar-refractivity contribution >= 4 is 17.4 Å². The third-order valence-electron chi connectivity index (χ3n) is 1.96. The molecule has 0 spiro atoms. The van der Waals surface area contributed by atoms with Crippen LogP contribution < -0.4 is 10.1 Å². The Morgan fingerprint density at radius 1 is 1.50 bits per heavy atom. The number of halogens is 1. The number of hydrogen-bond acceptors (Lipinski definition) is 4. The summed E-state index contributed by atoms with van der Waals surface area (Å²) in [5.41, 5.74) is 0. The van der Waals surface area contributed by atoms with E-state index in [2.05, 4.69) is 29.1 Å². The molecule has 1 aromatic heterocycles. The molecule has 0 aromatic carbocycles. The maximum Gasteiger partial charge on any atom is 0.234 e. The van der Waals surface area contributed by atoms with Crippen molar-refractivity contribution in [2.75, 3.05) is 24.3 Å². The lowest BCUT2D eigenvalue weighted by Crippen LogP contribution is -2.13. The first-order chi connectivity index (χ1) is 7.76. The minimum absolute atomic E-state index is 0.406. The van der Waals surface area contributed by atoms with Crippen LogP contribution in [-0.2, 0) is 0 Å². The van der Waals surface area contributed by atoms with Crippen molar-refractivity contribution in [1.29, 1.82) is 0 Å². The van der Waals surface area contributed by atoms with Gasteiger partial charge in [-0.1, -0.05) is 13.8 Å². The zero-order valence-electron chi connectivity index (χ0n) is 9.74. The number of rotatable bonds is 7. The van der Waals surface area contributed by atoms with E-state index in [1.54, 1.807) is 12.4 Å². The van der Waals surface area contributed by atoms with E-state index in [1.165, 1.54) is 0 Å². The summed E-state index contributed by atoms with van der Waals surface area (Å²) in [6.07, 6.45) is 4.26. The van der Waals surface area contributed by atoms with Crippen molar-refractivity contribution < 1.29 is 4.74 Å². The van der Waals surface area contributed by atoms with Crippen LogP contribution in [-0.4, -0.2) is 29.0 Å². The molecule has 1 N–H and O–H groups in total. The first-order valence-corrected chi connectivity index (χ1v) is 6.04. The molecule has 0 amide bonds. The molecule has 0 radical (unpaired) electrons. The van der Waals surface area contributed by atoms with Gasteiger partial charge in [0.25, 0.3) is 0 Å². The third-order valence-corrected chi connectivity index (χ3v) is 2.49. The van der Waals surface area contributed by atoms with Gasteiger partial charge in [0, 0.05) is 12.4 Å². The van der Waals surface area contributed by atoms with Crippen molar-refractivity contribution in [3.8, 4) is 5.88 Å². The number of ether oxygens (including phenoxy) is 1. The van der Waals surface area contributed by atoms with E-state index in [4.69, 9.17) is 16.3 Å². The molecule has 0 aliphatic rings. The summed E-state index contributed by atoms with van der Waals surface area (Å²) < 4.78 is 5.39. The Hall–Kier alpha value is -1.03. The van der Waals surface area contributed by atoms with E-state index < -0.39 is 0 Å². The van der Waals surface area contributed by atoms with Crippen molar-refractivity contribution in [2.45, 2.75) is 20.3 Å². The van der Waals surface area contributed by atoms with Gasteiger partial charge in [-0.3, -0.25) is 4.98 Å². The Bertz CT molecular complexity index is 309. The second-order valence-corrected chi connectivity index (χ2v) is 4.04. The van der Waals surface area contributed by atoms with Crippen LogP contribution >= 0.6 is 11.6 Å². The molecule has 1 heterocycles. The summed E-state index contributed by atoms with van der Waals surface area (Å²) in [4.78, 5) is 8.34. The Morgan fingerprint density at radius 2 is 2.31 bits per heavy atom. The number of nitrogens with one attached hydrogen (secondary N) is 1. The Balaban J connectivity index is 2.46. The van der Waals surface area contributed by atoms with Gasteiger partial charge in [0.1, 0.15) is 5.82 Å². The molecule has 90 valence electrons. The van der Waals surface area contributed by atoms with Gasteiger partial charge in [-0.05, 0) is 12.3 Å². The average molecular weight is 244 g/mol. The first-order valence-electron chi connectivity index (χ1n) is 5.51. The minimum Gasteiger partial charge on any atom is -0.477 e. The first kappa shape index (κ1) is 13.0. The molecular weight excluding hydrogens is 226 g/mol. The number of nitrogens with zero attached hydrogens (tertiary/aromatic N) is 2. The molecule has 0 bridgehead atoms. The maximum atomic E-state index is 5.72. The fourth-order valence-corrected chi connectivity index (χ4v) is 1.15. The number of alkyl halides is 1. The highest BCUT2D eigenvalue weighted by Gasteiger charge is 2.02. The molecule has 1 aromatic rings. The molecule has 16 heavy (non-hydrogen) atoms. The highest BCUT2D eigenvalue weighted by atomic mass is 35.5. The molecule has 0 aliphatic carbocycles. The predicted octanol–water partition coefficient (Wildman–Crippen LogP) is 2.55. The lowest BCUT2D eigenvalue weighted by Gasteiger charge is -2.10. The molecule has 0 fully saturated rings. The third kappa shape index (κ3) is 4.66. The van der Waals surface area contributed by atoms with Crippen LogP contribution in [0.25, 0.3) is 0 Å². The summed E-state index contributed by atoms with van der Waals surface area (Å²) >= 11 is 5.72. The zero-order valence-corrected chi connectivity index (χ0v) is 10.5. The Labute approximate surface area is 101 Å². The standard InChI is InChI=1S/C11H18ClN3O/c1-3-4-16-11-8-13-7-10(15-11)14-6-9(2)5-12/h7-9H,3-6H2,1-2H3,(H,14,15). The Kier molecular flexibility index (Phi) is 5.93. The van der Waals surface area contributed by atoms with E-state index in [0.717, 1.165) is 18.8 Å². The minimum atomic E-state index is 0.406. The Morgan fingerprint density at radius 3 is 3.00 bits per heavy atom. The SMILES string of the molecule is CCCOc1cncc(NCC(C)CCl)n1. The van der Waals surface area contributed by atoms with Crippen LogP contribution in [0.4, 0.5) is 5.82 Å². The lowest BCUT2D eigenvalue weighted by atomic mass is 10.2. The quantitative estimate of drug-likeness (QED) is 0.748. The average Bonchev–Trinajstić information content (AvgIpc) is 2.34. The van der Waals surface area contributed by atoms with Crippen LogP contribution in [0.15, 0.2) is 12.4 Å². The van der Waals surface area contributed by atoms with Crippen LogP contribution in [0, 0.1) is 5.92 Å². The molecule has 0 aliphatic heterocycles. The highest BCUT2D eigenvalue weighted by Crippen LogP contribution is 2.10. The monoisotopic (exact) mass is 243 g/mol. The van der Waals surface area contributed by atoms with Gasteiger partial charge in [0.15, 0.2) is 0 Å². The topological polar surface area (TPSA) is 47.0 Å². The second kappa shape index (κ2) is 7.28. The number of hydrogen-bond donors (Lipinski definition) is 1. The molecule has 1 rings (SSSR count). The van der Waals surface area contributed by atoms with Crippen LogP contribution in [0.3, 0.4) is 0 Å². The highest BCUT2D eigenvalue weighted by molar-refractivity contribution is 6.18. The van der Waals surface area contributed by atoms with Crippen molar-refractivity contribution in [3.63, 3.8) is 0 Å². The van der Waals surface area contributed by atoms with Crippen LogP contribution in [0.1, 0.15) is 20.3 Å². The molecule has 1 atom stereocenters. The smallest absolute Gasteiger partial charge is 0.234 e. The van der Waals surface area contributed by atoms with Crippen LogP contribution in [0.2, 0.25) is 0 Å². The summed E-state index contributed by atoms with van der Waals surface area (Å²) in [6.45, 7) is 5.58.